The SMILES string of the molecule is COC(=O)c1ccc(NC2CCN(c3cccc(Cl)c3)C2)nc1OC. The molecule has 2 heterocycles. The molecule has 3 rings (SSSR count). The summed E-state index contributed by atoms with van der Waals surface area (Å²) < 4.78 is 9.93. The summed E-state index contributed by atoms with van der Waals surface area (Å²) in [7, 11) is 2.81. The lowest BCUT2D eigenvalue weighted by Gasteiger charge is -2.19. The molecule has 0 amide bonds. The fourth-order valence-corrected chi connectivity index (χ4v) is 3.12. The summed E-state index contributed by atoms with van der Waals surface area (Å²) in [6.07, 6.45) is 0.981. The zero-order chi connectivity index (χ0) is 17.8. The number of carbonyl (C=O) groups is 1. The Bertz CT molecular complexity index is 769. The van der Waals surface area contributed by atoms with Gasteiger partial charge in [-0.2, -0.15) is 4.98 Å². The number of carbonyl (C=O) groups excluding carboxylic acids is 1. The van der Waals surface area contributed by atoms with E-state index in [4.69, 9.17) is 21.1 Å². The first-order valence-electron chi connectivity index (χ1n) is 8.01. The van der Waals surface area contributed by atoms with E-state index in [0.717, 1.165) is 30.2 Å². The molecule has 25 heavy (non-hydrogen) atoms. The number of anilines is 2. The Hall–Kier alpha value is -2.47. The molecular formula is C18H20ClN3O3. The van der Waals surface area contributed by atoms with E-state index in [0.29, 0.717) is 11.4 Å². The van der Waals surface area contributed by atoms with Gasteiger partial charge in [0.25, 0.3) is 0 Å². The number of rotatable bonds is 5. The van der Waals surface area contributed by atoms with Crippen LogP contribution in [0, 0.1) is 0 Å². The highest BCUT2D eigenvalue weighted by Gasteiger charge is 2.24. The molecular weight excluding hydrogens is 342 g/mol. The van der Waals surface area contributed by atoms with Gasteiger partial charge in [0, 0.05) is 29.8 Å². The molecule has 0 spiro atoms. The van der Waals surface area contributed by atoms with Crippen molar-refractivity contribution < 1.29 is 14.3 Å². The molecule has 0 aliphatic carbocycles. The molecule has 1 unspecified atom stereocenters. The van der Waals surface area contributed by atoms with Crippen molar-refractivity contribution >= 4 is 29.1 Å². The van der Waals surface area contributed by atoms with Gasteiger partial charge < -0.3 is 19.7 Å². The van der Waals surface area contributed by atoms with Gasteiger partial charge in [0.1, 0.15) is 11.4 Å². The summed E-state index contributed by atoms with van der Waals surface area (Å²) in [5.74, 6) is 0.452. The molecule has 0 radical (unpaired) electrons. The highest BCUT2D eigenvalue weighted by Crippen LogP contribution is 2.26. The molecule has 1 aromatic carbocycles. The molecule has 7 heteroatoms. The minimum absolute atomic E-state index is 0.250. The molecule has 1 atom stereocenters. The van der Waals surface area contributed by atoms with Crippen molar-refractivity contribution in [1.82, 2.24) is 4.98 Å². The Kier molecular flexibility index (Phi) is 5.28. The molecule has 0 saturated carbocycles. The van der Waals surface area contributed by atoms with Gasteiger partial charge in [0.05, 0.1) is 14.2 Å². The van der Waals surface area contributed by atoms with Crippen LogP contribution in [-0.4, -0.2) is 44.3 Å². The van der Waals surface area contributed by atoms with Crippen molar-refractivity contribution in [2.24, 2.45) is 0 Å². The third kappa shape index (κ3) is 3.96. The van der Waals surface area contributed by atoms with E-state index >= 15 is 0 Å². The van der Waals surface area contributed by atoms with Gasteiger partial charge in [0.15, 0.2) is 0 Å². The van der Waals surface area contributed by atoms with Crippen LogP contribution >= 0.6 is 11.6 Å². The van der Waals surface area contributed by atoms with Gasteiger partial charge in [-0.05, 0) is 36.8 Å². The highest BCUT2D eigenvalue weighted by molar-refractivity contribution is 6.30. The standard InChI is InChI=1S/C18H20ClN3O3/c1-24-17-15(18(23)25-2)6-7-16(21-17)20-13-8-9-22(11-13)14-5-3-4-12(19)10-14/h3-7,10,13H,8-9,11H2,1-2H3,(H,20,21). The van der Waals surface area contributed by atoms with E-state index in [9.17, 15) is 4.79 Å². The van der Waals surface area contributed by atoms with Crippen LogP contribution in [0.4, 0.5) is 11.5 Å². The number of benzene rings is 1. The quantitative estimate of drug-likeness (QED) is 0.825. The fourth-order valence-electron chi connectivity index (χ4n) is 2.94. The summed E-state index contributed by atoms with van der Waals surface area (Å²) in [6, 6.07) is 11.5. The predicted octanol–water partition coefficient (Wildman–Crippen LogP) is 3.22. The van der Waals surface area contributed by atoms with E-state index < -0.39 is 5.97 Å². The van der Waals surface area contributed by atoms with Gasteiger partial charge in [-0.3, -0.25) is 0 Å². The molecule has 1 fully saturated rings. The average Bonchev–Trinajstić information content (AvgIpc) is 3.09. The third-order valence-corrected chi connectivity index (χ3v) is 4.41. The second-order valence-electron chi connectivity index (χ2n) is 5.80. The smallest absolute Gasteiger partial charge is 0.343 e. The minimum Gasteiger partial charge on any atom is -0.480 e. The number of aromatic nitrogens is 1. The Morgan fingerprint density at radius 3 is 2.88 bits per heavy atom. The van der Waals surface area contributed by atoms with Crippen LogP contribution in [-0.2, 0) is 4.74 Å². The number of methoxy groups -OCH3 is 2. The maximum Gasteiger partial charge on any atom is 0.343 e. The second kappa shape index (κ2) is 7.61. The summed E-state index contributed by atoms with van der Waals surface area (Å²) in [5, 5.41) is 4.13. The number of pyridine rings is 1. The van der Waals surface area contributed by atoms with E-state index in [1.165, 1.54) is 14.2 Å². The largest absolute Gasteiger partial charge is 0.480 e. The van der Waals surface area contributed by atoms with Gasteiger partial charge in [-0.1, -0.05) is 17.7 Å². The zero-order valence-electron chi connectivity index (χ0n) is 14.2. The summed E-state index contributed by atoms with van der Waals surface area (Å²) in [6.45, 7) is 1.79. The highest BCUT2D eigenvalue weighted by atomic mass is 35.5. The van der Waals surface area contributed by atoms with E-state index in [1.807, 2.05) is 18.2 Å². The van der Waals surface area contributed by atoms with Crippen molar-refractivity contribution in [3.8, 4) is 5.88 Å². The molecule has 1 saturated heterocycles. The molecule has 1 N–H and O–H groups in total. The number of ether oxygens (including phenoxy) is 2. The lowest BCUT2D eigenvalue weighted by molar-refractivity contribution is 0.0596. The molecule has 1 aliphatic rings. The molecule has 132 valence electrons. The Labute approximate surface area is 151 Å². The van der Waals surface area contributed by atoms with Crippen LogP contribution in [0.3, 0.4) is 0 Å². The summed E-state index contributed by atoms with van der Waals surface area (Å²) in [5.41, 5.74) is 1.42. The maximum atomic E-state index is 11.7. The molecule has 1 aromatic heterocycles. The number of hydrogen-bond donors (Lipinski definition) is 1. The average molecular weight is 362 g/mol. The molecule has 2 aromatic rings. The van der Waals surface area contributed by atoms with Crippen LogP contribution in [0.15, 0.2) is 36.4 Å². The van der Waals surface area contributed by atoms with Crippen LogP contribution in [0.1, 0.15) is 16.8 Å². The molecule has 0 bridgehead atoms. The van der Waals surface area contributed by atoms with Crippen molar-refractivity contribution in [1.29, 1.82) is 0 Å². The Morgan fingerprint density at radius 1 is 1.32 bits per heavy atom. The Balaban J connectivity index is 1.68. The normalized spacial score (nSPS) is 16.6. The van der Waals surface area contributed by atoms with Crippen molar-refractivity contribution in [3.05, 3.63) is 47.0 Å². The van der Waals surface area contributed by atoms with Crippen molar-refractivity contribution in [2.75, 3.05) is 37.5 Å². The van der Waals surface area contributed by atoms with Gasteiger partial charge in [0.2, 0.25) is 5.88 Å². The van der Waals surface area contributed by atoms with E-state index in [1.54, 1.807) is 12.1 Å². The lowest BCUT2D eigenvalue weighted by Crippen LogP contribution is -2.26. The number of esters is 1. The van der Waals surface area contributed by atoms with Crippen LogP contribution < -0.4 is 15.0 Å². The van der Waals surface area contributed by atoms with Crippen LogP contribution in [0.25, 0.3) is 0 Å². The fraction of sp³-hybridized carbons (Fsp3) is 0.333. The van der Waals surface area contributed by atoms with Gasteiger partial charge in [-0.25, -0.2) is 4.79 Å². The third-order valence-electron chi connectivity index (χ3n) is 4.17. The monoisotopic (exact) mass is 361 g/mol. The number of halogens is 1. The summed E-state index contributed by atoms with van der Waals surface area (Å²) in [4.78, 5) is 18.3. The van der Waals surface area contributed by atoms with Gasteiger partial charge in [-0.15, -0.1) is 0 Å². The maximum absolute atomic E-state index is 11.7. The predicted molar refractivity (Wildman–Crippen MR) is 97.8 cm³/mol. The minimum atomic E-state index is -0.469. The second-order valence-corrected chi connectivity index (χ2v) is 6.24. The number of nitrogens with zero attached hydrogens (tertiary/aromatic N) is 2. The number of hydrogen-bond acceptors (Lipinski definition) is 6. The first kappa shape index (κ1) is 17.4. The first-order chi connectivity index (χ1) is 12.1. The van der Waals surface area contributed by atoms with Gasteiger partial charge >= 0.3 is 5.97 Å². The molecule has 6 nitrogen and oxygen atoms in total. The summed E-state index contributed by atoms with van der Waals surface area (Å²) >= 11 is 6.07. The Morgan fingerprint density at radius 2 is 2.16 bits per heavy atom. The number of nitrogens with one attached hydrogen (secondary N) is 1. The molecule has 1 aliphatic heterocycles. The van der Waals surface area contributed by atoms with Crippen LogP contribution in [0.2, 0.25) is 5.02 Å². The zero-order valence-corrected chi connectivity index (χ0v) is 14.9. The topological polar surface area (TPSA) is 63.7 Å². The lowest BCUT2D eigenvalue weighted by atomic mass is 10.2. The van der Waals surface area contributed by atoms with Crippen LogP contribution in [0.5, 0.6) is 5.88 Å². The van der Waals surface area contributed by atoms with Crippen molar-refractivity contribution in [2.45, 2.75) is 12.5 Å². The first-order valence-corrected chi connectivity index (χ1v) is 8.39. The van der Waals surface area contributed by atoms with E-state index in [2.05, 4.69) is 21.3 Å². The van der Waals surface area contributed by atoms with E-state index in [-0.39, 0.29) is 11.9 Å². The van der Waals surface area contributed by atoms with Crippen molar-refractivity contribution in [3.63, 3.8) is 0 Å².